The van der Waals surface area contributed by atoms with Crippen molar-refractivity contribution < 1.29 is 14.0 Å². The second-order valence-electron chi connectivity index (χ2n) is 15.1. The normalized spacial score (nSPS) is 11.9. The highest BCUT2D eigenvalue weighted by Crippen LogP contribution is 2.32. The van der Waals surface area contributed by atoms with Gasteiger partial charge in [-0.2, -0.15) is 0 Å². The minimum atomic E-state index is -0.347. The molecule has 304 valence electrons. The topological polar surface area (TPSA) is 114 Å². The molecule has 59 heavy (non-hydrogen) atoms. The number of unbranched alkanes of at least 4 members (excludes halogenated alkanes) is 1. The molecule has 3 heterocycles. The molecular formula is C49H55N7O3. The van der Waals surface area contributed by atoms with Crippen molar-refractivity contribution in [2.24, 2.45) is 0 Å². The number of carbonyl (C=O) groups is 2. The Labute approximate surface area is 347 Å². The fourth-order valence-corrected chi connectivity index (χ4v) is 7.67. The van der Waals surface area contributed by atoms with Crippen LogP contribution in [0.3, 0.4) is 0 Å². The first-order valence-electron chi connectivity index (χ1n) is 21.0. The highest BCUT2D eigenvalue weighted by Gasteiger charge is 2.30. The number of hydrogen-bond acceptors (Lipinski definition) is 6. The summed E-state index contributed by atoms with van der Waals surface area (Å²) in [5.74, 6) is 2.47. The zero-order chi connectivity index (χ0) is 41.1. The van der Waals surface area contributed by atoms with Gasteiger partial charge in [0.05, 0.1) is 43.3 Å². The number of aromatic nitrogens is 4. The van der Waals surface area contributed by atoms with Gasteiger partial charge in [0.25, 0.3) is 0 Å². The van der Waals surface area contributed by atoms with Crippen LogP contribution >= 0.6 is 0 Å². The second kappa shape index (κ2) is 19.5. The summed E-state index contributed by atoms with van der Waals surface area (Å²) in [6, 6.07) is 36.0. The molecule has 0 fully saturated rings. The van der Waals surface area contributed by atoms with Gasteiger partial charge >= 0.3 is 0 Å². The molecule has 2 amide bonds. The Morgan fingerprint density at radius 2 is 1.27 bits per heavy atom. The van der Waals surface area contributed by atoms with Crippen molar-refractivity contribution in [1.82, 2.24) is 34.6 Å². The van der Waals surface area contributed by atoms with E-state index in [1.54, 1.807) is 0 Å². The van der Waals surface area contributed by atoms with Crippen molar-refractivity contribution in [2.45, 2.75) is 72.5 Å². The number of nitrogens with zero attached hydrogens (tertiary/aromatic N) is 5. The van der Waals surface area contributed by atoms with E-state index in [-0.39, 0.29) is 17.9 Å². The summed E-state index contributed by atoms with van der Waals surface area (Å²) in [7, 11) is 0. The van der Waals surface area contributed by atoms with E-state index in [1.807, 2.05) is 82.9 Å². The predicted molar refractivity (Wildman–Crippen MR) is 235 cm³/mol. The largest absolute Gasteiger partial charge is 0.456 e. The van der Waals surface area contributed by atoms with Crippen LogP contribution in [0.5, 0.6) is 0 Å². The summed E-state index contributed by atoms with van der Waals surface area (Å²) in [6.45, 7) is 12.2. The fourth-order valence-electron chi connectivity index (χ4n) is 7.67. The van der Waals surface area contributed by atoms with E-state index in [0.717, 1.165) is 99.9 Å². The number of furan rings is 1. The maximum Gasteiger partial charge on any atom is 0.244 e. The van der Waals surface area contributed by atoms with E-state index in [1.165, 1.54) is 0 Å². The van der Waals surface area contributed by atoms with Crippen LogP contribution in [0.25, 0.3) is 44.8 Å². The molecule has 4 aromatic carbocycles. The number of imidazole rings is 2. The molecule has 7 aromatic rings. The number of H-pyrrole nitrogens is 2. The highest BCUT2D eigenvalue weighted by atomic mass is 16.3. The lowest BCUT2D eigenvalue weighted by Gasteiger charge is -2.33. The van der Waals surface area contributed by atoms with Gasteiger partial charge in [-0.1, -0.05) is 119 Å². The van der Waals surface area contributed by atoms with Crippen LogP contribution in [0.4, 0.5) is 0 Å². The molecule has 10 nitrogen and oxygen atoms in total. The zero-order valence-electron chi connectivity index (χ0n) is 34.7. The summed E-state index contributed by atoms with van der Waals surface area (Å²) < 4.78 is 6.31. The van der Waals surface area contributed by atoms with Gasteiger partial charge in [-0.05, 0) is 66.9 Å². The van der Waals surface area contributed by atoms with E-state index in [2.05, 4.69) is 96.1 Å². The van der Waals surface area contributed by atoms with Crippen molar-refractivity contribution in [3.63, 3.8) is 0 Å². The highest BCUT2D eigenvalue weighted by molar-refractivity contribution is 5.87. The van der Waals surface area contributed by atoms with Crippen LogP contribution in [0.15, 0.2) is 126 Å². The summed E-state index contributed by atoms with van der Waals surface area (Å²) in [5, 5.41) is 0.985. The summed E-state index contributed by atoms with van der Waals surface area (Å²) in [4.78, 5) is 49.8. The molecule has 0 aliphatic heterocycles. The van der Waals surface area contributed by atoms with Gasteiger partial charge in [0.2, 0.25) is 11.8 Å². The smallest absolute Gasteiger partial charge is 0.244 e. The monoisotopic (exact) mass is 789 g/mol. The lowest BCUT2D eigenvalue weighted by molar-refractivity contribution is -0.138. The van der Waals surface area contributed by atoms with Crippen molar-refractivity contribution in [2.75, 3.05) is 26.2 Å². The minimum absolute atomic E-state index is 0.0915. The Morgan fingerprint density at radius 3 is 1.92 bits per heavy atom. The first-order valence-corrected chi connectivity index (χ1v) is 21.0. The number of rotatable bonds is 19. The van der Waals surface area contributed by atoms with Crippen LogP contribution in [0.1, 0.15) is 75.8 Å². The van der Waals surface area contributed by atoms with E-state index < -0.39 is 0 Å². The van der Waals surface area contributed by atoms with Gasteiger partial charge in [0, 0.05) is 29.6 Å². The van der Waals surface area contributed by atoms with Crippen LogP contribution < -0.4 is 0 Å². The molecule has 0 saturated carbocycles. The van der Waals surface area contributed by atoms with Crippen LogP contribution in [-0.2, 0) is 29.1 Å². The third kappa shape index (κ3) is 9.89. The lowest BCUT2D eigenvalue weighted by Crippen LogP contribution is -2.43. The number of aromatic amines is 2. The minimum Gasteiger partial charge on any atom is -0.456 e. The van der Waals surface area contributed by atoms with Crippen molar-refractivity contribution in [1.29, 1.82) is 0 Å². The molecule has 0 aliphatic carbocycles. The third-order valence-corrected chi connectivity index (χ3v) is 10.9. The van der Waals surface area contributed by atoms with Crippen molar-refractivity contribution in [3.8, 4) is 33.8 Å². The van der Waals surface area contributed by atoms with Crippen molar-refractivity contribution >= 4 is 22.8 Å². The maximum atomic E-state index is 14.3. The van der Waals surface area contributed by atoms with Crippen LogP contribution in [0.2, 0.25) is 0 Å². The number of benzene rings is 4. The summed E-state index contributed by atoms with van der Waals surface area (Å²) in [5.41, 5.74) is 7.55. The first kappa shape index (κ1) is 40.9. The molecule has 0 spiro atoms. The number of carbonyl (C=O) groups excluding carboxylic acids is 2. The molecule has 0 radical (unpaired) electrons. The molecule has 7 rings (SSSR count). The lowest BCUT2D eigenvalue weighted by atomic mass is 10.0. The number of likely N-dealkylation sites (N-methyl/N-ethyl adjacent to an activating group) is 1. The number of nitrogens with one attached hydrogen (secondary N) is 2. The zero-order valence-corrected chi connectivity index (χ0v) is 34.7. The first-order chi connectivity index (χ1) is 28.9. The molecule has 1 atom stereocenters. The van der Waals surface area contributed by atoms with E-state index in [0.29, 0.717) is 32.6 Å². The second-order valence-corrected chi connectivity index (χ2v) is 15.1. The number of hydrogen-bond donors (Lipinski definition) is 2. The van der Waals surface area contributed by atoms with E-state index >= 15 is 0 Å². The molecule has 3 aromatic heterocycles. The number of amides is 2. The molecule has 0 bridgehead atoms. The molecule has 1 unspecified atom stereocenters. The quantitative estimate of drug-likeness (QED) is 0.0843. The van der Waals surface area contributed by atoms with Crippen LogP contribution in [-0.4, -0.2) is 72.6 Å². The summed E-state index contributed by atoms with van der Waals surface area (Å²) in [6.07, 6.45) is 6.84. The Bertz CT molecular complexity index is 2410. The van der Waals surface area contributed by atoms with Crippen LogP contribution in [0, 0.1) is 0 Å². The molecule has 0 aliphatic rings. The molecule has 10 heteroatoms. The van der Waals surface area contributed by atoms with Gasteiger partial charge < -0.3 is 24.2 Å². The molecular weight excluding hydrogens is 735 g/mol. The van der Waals surface area contributed by atoms with Gasteiger partial charge in [0.15, 0.2) is 0 Å². The average Bonchev–Trinajstić information content (AvgIpc) is 4.05. The third-order valence-electron chi connectivity index (χ3n) is 10.9. The van der Waals surface area contributed by atoms with Crippen molar-refractivity contribution in [3.05, 3.63) is 144 Å². The van der Waals surface area contributed by atoms with Gasteiger partial charge in [-0.3, -0.25) is 14.5 Å². The Kier molecular flexibility index (Phi) is 13.5. The summed E-state index contributed by atoms with van der Waals surface area (Å²) >= 11 is 0. The SMILES string of the molecule is CCCCN(Cc1ncc(-c2ccc3oc(-c4ccc(-c5cnc(CN(CCC)C(=O)Cc6ccccc6)[nH]5)cc4)cc3c2)[nH]1)C(=O)C(c1ccccc1)N(CC)CC. The Hall–Kier alpha value is -6.26. The molecule has 0 saturated heterocycles. The average molecular weight is 790 g/mol. The van der Waals surface area contributed by atoms with Gasteiger partial charge in [0.1, 0.15) is 29.0 Å². The van der Waals surface area contributed by atoms with Gasteiger partial charge in [-0.25, -0.2) is 9.97 Å². The Morgan fingerprint density at radius 1 is 0.661 bits per heavy atom. The molecule has 2 N–H and O–H groups in total. The predicted octanol–water partition coefficient (Wildman–Crippen LogP) is 10.1. The van der Waals surface area contributed by atoms with E-state index in [4.69, 9.17) is 9.40 Å². The fraction of sp³-hybridized carbons (Fsp3) is 0.306. The number of fused-ring (bicyclic) bond motifs is 1. The standard InChI is InChI=1S/C49H55N7O3/c1-5-9-27-56(49(58)48(54(7-3)8-4)38-18-14-11-15-19-38)34-46-51-32-42(53-46)39-24-25-43-40(29-39)30-44(59-43)37-22-20-36(21-23-37)41-31-50-45(52-41)33-55(26-6-2)47(57)28-35-16-12-10-13-17-35/h10-25,29-32,48H,5-9,26-28,33-34H2,1-4H3,(H,50,52)(H,51,53). The maximum absolute atomic E-state index is 14.3. The van der Waals surface area contributed by atoms with E-state index in [9.17, 15) is 9.59 Å². The van der Waals surface area contributed by atoms with Gasteiger partial charge in [-0.15, -0.1) is 0 Å². The Balaban J connectivity index is 1.03.